The molecule has 26 nitrogen and oxygen atoms in total. The SMILES string of the molecule is CCC(C)(C)C(=O)OC12CC3CC(O)(CC(O)(C3)C1)C2.CCC(C)(C)C(=O)OC1C2CC3C1OC(=O)C3(C#N)C2.CCC(C)(C)C(=O)OC1C2CC3C1OC(=O)C3(C#N)C2.CCOC(C)OC12CC3CC(OC(=O)C(C)(C)CC)(C1)CC(OC(C)OCC)(C3)C2.CCOC(C)OC12CC3CC(OC(=O)C(C)(C)CC)(C1)CC(OC(C)OCC)(C3)C2. The highest BCUT2D eigenvalue weighted by atomic mass is 16.7. The van der Waals surface area contributed by atoms with Gasteiger partial charge in [-0.05, 0) is 258 Å². The van der Waals surface area contributed by atoms with Crippen LogP contribution in [0.1, 0.15) is 333 Å². The monoisotopic (exact) mass is 1690 g/mol. The zero-order valence-corrected chi connectivity index (χ0v) is 76.9. The van der Waals surface area contributed by atoms with E-state index < -0.39 is 112 Å². The van der Waals surface area contributed by atoms with Crippen molar-refractivity contribution in [3.63, 3.8) is 0 Å². The molecule has 0 amide bonds. The minimum atomic E-state index is -0.974. The topological polar surface area (TPSA) is 346 Å². The van der Waals surface area contributed by atoms with E-state index in [2.05, 4.69) is 12.1 Å². The van der Waals surface area contributed by atoms with Crippen LogP contribution in [0.2, 0.25) is 0 Å². The fourth-order valence-corrected chi connectivity index (χ4v) is 24.8. The molecule has 18 fully saturated rings. The molecule has 20 atom stereocenters. The highest BCUT2D eigenvalue weighted by Gasteiger charge is 2.75. The van der Waals surface area contributed by atoms with Crippen LogP contribution >= 0.6 is 0 Å². The smallest absolute Gasteiger partial charge is 0.327 e. The van der Waals surface area contributed by atoms with Gasteiger partial charge in [0.25, 0.3) is 0 Å². The quantitative estimate of drug-likeness (QED) is 0.0370. The zero-order chi connectivity index (χ0) is 88.6. The molecule has 2 saturated heterocycles. The lowest BCUT2D eigenvalue weighted by atomic mass is 9.50. The highest BCUT2D eigenvalue weighted by Crippen LogP contribution is 2.68. The number of carbonyl (C=O) groups excluding carboxylic acids is 7. The first-order valence-corrected chi connectivity index (χ1v) is 45.8. The lowest BCUT2D eigenvalue weighted by molar-refractivity contribution is -0.335. The van der Waals surface area contributed by atoms with Crippen LogP contribution in [0.15, 0.2) is 0 Å². The van der Waals surface area contributed by atoms with Crippen LogP contribution in [0.25, 0.3) is 0 Å². The van der Waals surface area contributed by atoms with E-state index in [0.29, 0.717) is 109 Å². The number of nitrogens with zero attached hydrogens (tertiary/aromatic N) is 2. The number of carbonyl (C=O) groups is 7. The summed E-state index contributed by atoms with van der Waals surface area (Å²) in [5, 5.41) is 39.9. The summed E-state index contributed by atoms with van der Waals surface area (Å²) in [4.78, 5) is 86.9. The van der Waals surface area contributed by atoms with Crippen LogP contribution in [0, 0.1) is 102 Å². The molecule has 678 valence electrons. The molecule has 16 aliphatic carbocycles. The van der Waals surface area contributed by atoms with Crippen molar-refractivity contribution in [1.29, 1.82) is 10.5 Å². The molecule has 2 N–H and O–H groups in total. The molecule has 18 aliphatic rings. The third-order valence-electron chi connectivity index (χ3n) is 31.2. The Morgan fingerprint density at radius 1 is 0.375 bits per heavy atom. The Labute approximate surface area is 714 Å². The van der Waals surface area contributed by atoms with Crippen LogP contribution in [0.4, 0.5) is 0 Å². The molecular formula is C94H148N2O24. The van der Waals surface area contributed by atoms with Crippen LogP contribution in [-0.4, -0.2) is 178 Å². The number of rotatable bonds is 31. The molecule has 20 unspecified atom stereocenters. The molecule has 2 aliphatic heterocycles. The fourth-order valence-electron chi connectivity index (χ4n) is 24.8. The summed E-state index contributed by atoms with van der Waals surface area (Å²) in [5.41, 5.74) is -9.49. The summed E-state index contributed by atoms with van der Waals surface area (Å²) in [5.74, 6) is -0.750. The molecule has 2 heterocycles. The Kier molecular flexibility index (Phi) is 27.5. The van der Waals surface area contributed by atoms with E-state index in [1.807, 2.05) is 159 Å². The van der Waals surface area contributed by atoms with Gasteiger partial charge in [-0.25, -0.2) is 0 Å². The maximum absolute atomic E-state index is 13.1. The maximum atomic E-state index is 13.1. The van der Waals surface area contributed by atoms with Crippen molar-refractivity contribution in [3.8, 4) is 12.1 Å². The summed E-state index contributed by atoms with van der Waals surface area (Å²) in [6.07, 6.45) is 17.1. The Morgan fingerprint density at radius 3 is 0.867 bits per heavy atom. The molecule has 0 aromatic carbocycles. The molecule has 16 bridgehead atoms. The van der Waals surface area contributed by atoms with Gasteiger partial charge in [0, 0.05) is 108 Å². The van der Waals surface area contributed by atoms with Crippen LogP contribution < -0.4 is 0 Å². The van der Waals surface area contributed by atoms with Gasteiger partial charge in [0.2, 0.25) is 0 Å². The lowest BCUT2D eigenvalue weighted by Crippen LogP contribution is -2.69. The first-order valence-electron chi connectivity index (χ1n) is 45.8. The molecule has 120 heavy (non-hydrogen) atoms. The molecule has 26 heteroatoms. The standard InChI is InChI=1S/2C24H42O6.C16H26O4.2C15H19NO4/c2*1-8-21(6,7)20(25)30-24-13-19-11-22(15-24,28-17(4)26-9-2)14-23(12-19,16-24)29-18(5)27-10-3;1-4-13(2,3)12(17)20-16-7-11-5-14(18,9-16)8-15(19,6-11)10-16;2*1-4-14(2,3)12(17)19-10-8-5-9-11(10)20-13(18)15(9,6-8)7-16/h2*17-19H,8-16H2,1-7H3;11,18-19H,4-10H2,1-3H3;2*8-11H,4-6H2,1-3H3. The van der Waals surface area contributed by atoms with E-state index in [9.17, 15) is 54.3 Å². The number of hydrogen-bond acceptors (Lipinski definition) is 26. The number of nitriles is 2. The molecule has 0 aromatic rings. The van der Waals surface area contributed by atoms with Crippen LogP contribution in [0.5, 0.6) is 0 Å². The highest BCUT2D eigenvalue weighted by molar-refractivity contribution is 5.86. The number of ether oxygens (including phenoxy) is 15. The largest absolute Gasteiger partial charge is 0.458 e. The Hall–Kier alpha value is -5.13. The Morgan fingerprint density at radius 2 is 0.617 bits per heavy atom. The minimum Gasteiger partial charge on any atom is -0.458 e. The van der Waals surface area contributed by atoms with Gasteiger partial charge in [0.1, 0.15) is 41.2 Å². The number of esters is 7. The van der Waals surface area contributed by atoms with Gasteiger partial charge in [-0.15, -0.1) is 0 Å². The number of fused-ring (bicyclic) bond motifs is 2. The minimum absolute atomic E-state index is 0.0766. The third kappa shape index (κ3) is 18.8. The van der Waals surface area contributed by atoms with Gasteiger partial charge in [-0.1, -0.05) is 34.6 Å². The predicted molar refractivity (Wildman–Crippen MR) is 438 cm³/mol. The first kappa shape index (κ1) is 95.5. The normalized spacial score (nSPS) is 40.2. The van der Waals surface area contributed by atoms with E-state index in [4.69, 9.17) is 71.1 Å². The van der Waals surface area contributed by atoms with Gasteiger partial charge in [-0.2, -0.15) is 10.5 Å². The van der Waals surface area contributed by atoms with E-state index in [0.717, 1.165) is 103 Å². The third-order valence-corrected chi connectivity index (χ3v) is 31.2. The molecular weight excluding hydrogens is 1540 g/mol. The Bertz CT molecular complexity index is 3560. The van der Waals surface area contributed by atoms with Crippen LogP contribution in [-0.2, 0) is 105 Å². The van der Waals surface area contributed by atoms with Crippen molar-refractivity contribution >= 4 is 41.8 Å². The summed E-state index contributed by atoms with van der Waals surface area (Å²) in [6, 6.07) is 4.30. The molecule has 18 rings (SSSR count). The van der Waals surface area contributed by atoms with E-state index >= 15 is 0 Å². The van der Waals surface area contributed by atoms with Crippen molar-refractivity contribution in [3.05, 3.63) is 0 Å². The second-order valence-electron chi connectivity index (χ2n) is 42.9. The molecule has 0 spiro atoms. The van der Waals surface area contributed by atoms with E-state index in [-0.39, 0.29) is 96.8 Å². The summed E-state index contributed by atoms with van der Waals surface area (Å²) >= 11 is 0. The Balaban J connectivity index is 0.000000149. The first-order chi connectivity index (χ1) is 55.8. The van der Waals surface area contributed by atoms with Gasteiger partial charge in [-0.3, -0.25) is 33.6 Å². The van der Waals surface area contributed by atoms with Gasteiger partial charge < -0.3 is 81.3 Å². The number of aliphatic hydroxyl groups is 2. The average Bonchev–Trinajstić information content (AvgIpc) is 1.35. The summed E-state index contributed by atoms with van der Waals surface area (Å²) in [7, 11) is 0. The summed E-state index contributed by atoms with van der Waals surface area (Å²) < 4.78 is 89.7. The second kappa shape index (κ2) is 34.6. The fraction of sp³-hybridized carbons (Fsp3) is 0.904. The predicted octanol–water partition coefficient (Wildman–Crippen LogP) is 15.7. The number of hydrogen-bond donors (Lipinski definition) is 2. The van der Waals surface area contributed by atoms with E-state index in [1.54, 1.807) is 0 Å². The summed E-state index contributed by atoms with van der Waals surface area (Å²) in [6.45, 7) is 47.1. The van der Waals surface area contributed by atoms with Gasteiger partial charge >= 0.3 is 41.8 Å². The van der Waals surface area contributed by atoms with Crippen molar-refractivity contribution < 1.29 is 115 Å². The zero-order valence-electron chi connectivity index (χ0n) is 76.9. The average molecular weight is 1690 g/mol. The molecule has 16 saturated carbocycles. The van der Waals surface area contributed by atoms with Crippen molar-refractivity contribution in [2.45, 2.75) is 433 Å². The molecule has 0 radical (unpaired) electrons. The lowest BCUT2D eigenvalue weighted by Gasteiger charge is -2.65. The van der Waals surface area contributed by atoms with Gasteiger partial charge in [0.05, 0.1) is 72.8 Å². The molecule has 0 aromatic heterocycles. The van der Waals surface area contributed by atoms with Crippen molar-refractivity contribution in [2.24, 2.45) is 79.3 Å². The van der Waals surface area contributed by atoms with Crippen LogP contribution in [0.3, 0.4) is 0 Å². The van der Waals surface area contributed by atoms with Gasteiger partial charge in [0.15, 0.2) is 36.0 Å². The van der Waals surface area contributed by atoms with Crippen molar-refractivity contribution in [1.82, 2.24) is 0 Å². The van der Waals surface area contributed by atoms with Crippen molar-refractivity contribution in [2.75, 3.05) is 26.4 Å². The van der Waals surface area contributed by atoms with E-state index in [1.165, 1.54) is 0 Å². The second-order valence-corrected chi connectivity index (χ2v) is 42.9. The maximum Gasteiger partial charge on any atom is 0.327 e.